The van der Waals surface area contributed by atoms with Crippen LogP contribution in [0.25, 0.3) is 0 Å². The van der Waals surface area contributed by atoms with E-state index in [4.69, 9.17) is 0 Å². The number of carbonyl (C=O) groups excluding carboxylic acids is 1. The number of benzene rings is 1. The zero-order valence-corrected chi connectivity index (χ0v) is 16.3. The van der Waals surface area contributed by atoms with E-state index in [0.717, 1.165) is 62.4 Å². The summed E-state index contributed by atoms with van der Waals surface area (Å²) in [7, 11) is 0. The van der Waals surface area contributed by atoms with Gasteiger partial charge in [0.05, 0.1) is 17.3 Å². The third kappa shape index (κ3) is 4.46. The number of amides is 1. The summed E-state index contributed by atoms with van der Waals surface area (Å²) in [5.41, 5.74) is 1.71. The molecule has 0 spiro atoms. The molecule has 4 rings (SSSR count). The van der Waals surface area contributed by atoms with Gasteiger partial charge in [0.15, 0.2) is 0 Å². The Morgan fingerprint density at radius 2 is 1.83 bits per heavy atom. The van der Waals surface area contributed by atoms with Gasteiger partial charge in [0.1, 0.15) is 0 Å². The lowest BCUT2D eigenvalue weighted by Gasteiger charge is -2.27. The molecule has 1 amide bonds. The molecule has 2 heterocycles. The van der Waals surface area contributed by atoms with Crippen molar-refractivity contribution in [3.05, 3.63) is 65.0 Å². The average Bonchev–Trinajstić information content (AvgIpc) is 3.40. The van der Waals surface area contributed by atoms with E-state index in [-0.39, 0.29) is 17.9 Å². The number of rotatable bonds is 4. The van der Waals surface area contributed by atoms with E-state index in [2.05, 4.69) is 4.98 Å². The Bertz CT molecular complexity index is 857. The molecular formula is C23H25F3N2O. The molecule has 1 saturated heterocycles. The standard InChI is InChI=1S/C23H25F3N2O/c24-23(25,26)19-8-3-5-16(14-19)13-17-10-11-20(27-15-17)21-9-4-12-28(21)22(29)18-6-1-2-7-18/h3,5,8,10-11,14-15,18,21H,1-2,4,6-7,9,12-13H2/t21-/m0/s1. The van der Waals surface area contributed by atoms with Gasteiger partial charge >= 0.3 is 6.18 Å². The molecule has 1 aromatic carbocycles. The van der Waals surface area contributed by atoms with E-state index in [9.17, 15) is 18.0 Å². The van der Waals surface area contributed by atoms with Gasteiger partial charge in [-0.25, -0.2) is 0 Å². The third-order valence-electron chi connectivity index (χ3n) is 6.09. The zero-order valence-electron chi connectivity index (χ0n) is 16.3. The highest BCUT2D eigenvalue weighted by Crippen LogP contribution is 2.36. The highest BCUT2D eigenvalue weighted by Gasteiger charge is 2.35. The number of hydrogen-bond acceptors (Lipinski definition) is 2. The summed E-state index contributed by atoms with van der Waals surface area (Å²) in [6, 6.07) is 9.26. The fraction of sp³-hybridized carbons (Fsp3) is 0.478. The first-order valence-corrected chi connectivity index (χ1v) is 10.3. The van der Waals surface area contributed by atoms with Crippen molar-refractivity contribution in [3.8, 4) is 0 Å². The molecule has 0 radical (unpaired) electrons. The molecule has 1 aliphatic heterocycles. The first kappa shape index (κ1) is 19.9. The minimum Gasteiger partial charge on any atom is -0.334 e. The van der Waals surface area contributed by atoms with Crippen LogP contribution in [0.15, 0.2) is 42.6 Å². The van der Waals surface area contributed by atoms with Gasteiger partial charge in [-0.15, -0.1) is 0 Å². The summed E-state index contributed by atoms with van der Waals surface area (Å²) < 4.78 is 38.7. The van der Waals surface area contributed by atoms with Crippen LogP contribution < -0.4 is 0 Å². The maximum absolute atomic E-state index is 12.9. The molecular weight excluding hydrogens is 377 g/mol. The van der Waals surface area contributed by atoms with Crippen molar-refractivity contribution < 1.29 is 18.0 Å². The molecule has 0 N–H and O–H groups in total. The number of aromatic nitrogens is 1. The van der Waals surface area contributed by atoms with Gasteiger partial charge in [-0.2, -0.15) is 13.2 Å². The van der Waals surface area contributed by atoms with Gasteiger partial charge in [0, 0.05) is 18.7 Å². The molecule has 1 aliphatic carbocycles. The molecule has 2 aromatic rings. The number of pyridine rings is 1. The first-order valence-electron chi connectivity index (χ1n) is 10.3. The van der Waals surface area contributed by atoms with Crippen molar-refractivity contribution in [3.63, 3.8) is 0 Å². The molecule has 6 heteroatoms. The highest BCUT2D eigenvalue weighted by atomic mass is 19.4. The monoisotopic (exact) mass is 402 g/mol. The average molecular weight is 402 g/mol. The maximum atomic E-state index is 12.9. The predicted molar refractivity (Wildman–Crippen MR) is 104 cm³/mol. The van der Waals surface area contributed by atoms with E-state index < -0.39 is 11.7 Å². The summed E-state index contributed by atoms with van der Waals surface area (Å²) in [6.45, 7) is 0.785. The largest absolute Gasteiger partial charge is 0.416 e. The van der Waals surface area contributed by atoms with Crippen molar-refractivity contribution in [2.75, 3.05) is 6.54 Å². The Balaban J connectivity index is 1.46. The van der Waals surface area contributed by atoms with E-state index in [1.54, 1.807) is 12.3 Å². The van der Waals surface area contributed by atoms with Gasteiger partial charge in [0.2, 0.25) is 5.91 Å². The van der Waals surface area contributed by atoms with Crippen molar-refractivity contribution in [2.24, 2.45) is 5.92 Å². The van der Waals surface area contributed by atoms with Crippen molar-refractivity contribution >= 4 is 5.91 Å². The summed E-state index contributed by atoms with van der Waals surface area (Å²) in [4.78, 5) is 19.4. The van der Waals surface area contributed by atoms with Gasteiger partial charge < -0.3 is 4.90 Å². The Morgan fingerprint density at radius 1 is 1.03 bits per heavy atom. The lowest BCUT2D eigenvalue weighted by atomic mass is 10.0. The fourth-order valence-electron chi connectivity index (χ4n) is 4.58. The Kier molecular flexibility index (Phi) is 5.61. The van der Waals surface area contributed by atoms with E-state index in [1.807, 2.05) is 17.0 Å². The van der Waals surface area contributed by atoms with Gasteiger partial charge in [0.25, 0.3) is 0 Å². The van der Waals surface area contributed by atoms with Crippen molar-refractivity contribution in [1.82, 2.24) is 9.88 Å². The van der Waals surface area contributed by atoms with Crippen molar-refractivity contribution in [1.29, 1.82) is 0 Å². The minimum atomic E-state index is -4.34. The SMILES string of the molecule is O=C(C1CCCC1)N1CCC[C@H]1c1ccc(Cc2cccc(C(F)(F)F)c2)cn1. The minimum absolute atomic E-state index is 0.0192. The third-order valence-corrected chi connectivity index (χ3v) is 6.09. The van der Waals surface area contributed by atoms with E-state index in [0.29, 0.717) is 12.0 Å². The van der Waals surface area contributed by atoms with Gasteiger partial charge in [-0.3, -0.25) is 9.78 Å². The van der Waals surface area contributed by atoms with Crippen LogP contribution in [-0.2, 0) is 17.4 Å². The molecule has 154 valence electrons. The van der Waals surface area contributed by atoms with Crippen LogP contribution in [0.2, 0.25) is 0 Å². The van der Waals surface area contributed by atoms with Gasteiger partial charge in [-0.05, 0) is 55.4 Å². The molecule has 0 bridgehead atoms. The molecule has 1 atom stereocenters. The zero-order chi connectivity index (χ0) is 20.4. The highest BCUT2D eigenvalue weighted by molar-refractivity contribution is 5.79. The summed E-state index contributed by atoms with van der Waals surface area (Å²) in [6.07, 6.45) is 3.94. The van der Waals surface area contributed by atoms with Crippen LogP contribution >= 0.6 is 0 Å². The normalized spacial score (nSPS) is 20.4. The number of alkyl halides is 3. The lowest BCUT2D eigenvalue weighted by Crippen LogP contribution is -2.35. The second kappa shape index (κ2) is 8.17. The van der Waals surface area contributed by atoms with Crippen LogP contribution in [0, 0.1) is 5.92 Å². The van der Waals surface area contributed by atoms with Crippen LogP contribution in [0.3, 0.4) is 0 Å². The molecule has 2 fully saturated rings. The number of hydrogen-bond donors (Lipinski definition) is 0. The summed E-state index contributed by atoms with van der Waals surface area (Å²) in [5, 5.41) is 0. The molecule has 1 saturated carbocycles. The number of likely N-dealkylation sites (tertiary alicyclic amines) is 1. The lowest BCUT2D eigenvalue weighted by molar-refractivity contribution is -0.138. The predicted octanol–water partition coefficient (Wildman–Crippen LogP) is 5.54. The first-order chi connectivity index (χ1) is 13.9. The Hall–Kier alpha value is -2.37. The number of halogens is 3. The Labute approximate surface area is 168 Å². The second-order valence-electron chi connectivity index (χ2n) is 8.14. The molecule has 1 aromatic heterocycles. The molecule has 2 aliphatic rings. The topological polar surface area (TPSA) is 33.2 Å². The Morgan fingerprint density at radius 3 is 2.52 bits per heavy atom. The van der Waals surface area contributed by atoms with E-state index >= 15 is 0 Å². The van der Waals surface area contributed by atoms with Gasteiger partial charge in [-0.1, -0.05) is 37.1 Å². The fourth-order valence-corrected chi connectivity index (χ4v) is 4.58. The van der Waals surface area contributed by atoms with E-state index in [1.165, 1.54) is 12.1 Å². The van der Waals surface area contributed by atoms with Crippen LogP contribution in [0.5, 0.6) is 0 Å². The maximum Gasteiger partial charge on any atom is 0.416 e. The number of carbonyl (C=O) groups is 1. The van der Waals surface area contributed by atoms with Crippen LogP contribution in [0.4, 0.5) is 13.2 Å². The summed E-state index contributed by atoms with van der Waals surface area (Å²) >= 11 is 0. The smallest absolute Gasteiger partial charge is 0.334 e. The molecule has 0 unspecified atom stereocenters. The molecule has 29 heavy (non-hydrogen) atoms. The summed E-state index contributed by atoms with van der Waals surface area (Å²) in [5.74, 6) is 0.427. The number of nitrogens with zero attached hydrogens (tertiary/aromatic N) is 2. The van der Waals surface area contributed by atoms with Crippen LogP contribution in [-0.4, -0.2) is 22.3 Å². The molecule has 3 nitrogen and oxygen atoms in total. The second-order valence-corrected chi connectivity index (χ2v) is 8.14. The van der Waals surface area contributed by atoms with Crippen molar-refractivity contribution in [2.45, 2.75) is 57.2 Å². The van der Waals surface area contributed by atoms with Crippen LogP contribution in [0.1, 0.15) is 67.0 Å². The quantitative estimate of drug-likeness (QED) is 0.672.